The Morgan fingerprint density at radius 2 is 2.21 bits per heavy atom. The topological polar surface area (TPSA) is 66.2 Å². The Balaban J connectivity index is 2.31. The van der Waals surface area contributed by atoms with Gasteiger partial charge in [0.15, 0.2) is 11.3 Å². The van der Waals surface area contributed by atoms with Crippen LogP contribution in [-0.2, 0) is 7.05 Å². The molecular formula is C13H12BrN3O2. The highest BCUT2D eigenvalue weighted by atomic mass is 79.9. The highest BCUT2D eigenvalue weighted by molar-refractivity contribution is 9.10. The van der Waals surface area contributed by atoms with Crippen LogP contribution in [0.3, 0.4) is 0 Å². The van der Waals surface area contributed by atoms with E-state index in [0.717, 1.165) is 21.1 Å². The lowest BCUT2D eigenvalue weighted by Gasteiger charge is -2.07. The zero-order valence-corrected chi connectivity index (χ0v) is 12.1. The first-order valence-electron chi connectivity index (χ1n) is 5.65. The normalized spacial score (nSPS) is 11.1. The van der Waals surface area contributed by atoms with Crippen molar-refractivity contribution >= 4 is 32.7 Å². The number of hydrogen-bond acceptors (Lipinski definition) is 4. The minimum absolute atomic E-state index is 0.605. The largest absolute Gasteiger partial charge is 0.493 e. The molecule has 0 aliphatic carbocycles. The number of nitrogen functional groups attached to an aromatic ring is 1. The van der Waals surface area contributed by atoms with Gasteiger partial charge in [-0.25, -0.2) is 0 Å². The summed E-state index contributed by atoms with van der Waals surface area (Å²) in [7, 11) is 3.42. The second kappa shape index (κ2) is 4.31. The Bertz CT molecular complexity index is 741. The molecule has 0 fully saturated rings. The fourth-order valence-electron chi connectivity index (χ4n) is 2.03. The summed E-state index contributed by atoms with van der Waals surface area (Å²) < 4.78 is 13.3. The van der Waals surface area contributed by atoms with Crippen molar-refractivity contribution in [3.63, 3.8) is 0 Å². The van der Waals surface area contributed by atoms with Crippen molar-refractivity contribution in [2.45, 2.75) is 0 Å². The van der Waals surface area contributed by atoms with Crippen LogP contribution in [0, 0.1) is 0 Å². The maximum Gasteiger partial charge on any atom is 0.176 e. The summed E-state index contributed by atoms with van der Waals surface area (Å²) in [6, 6.07) is 5.60. The van der Waals surface area contributed by atoms with Crippen LogP contribution in [0.1, 0.15) is 0 Å². The molecule has 2 aromatic heterocycles. The summed E-state index contributed by atoms with van der Waals surface area (Å²) in [6.07, 6.45) is 1.63. The van der Waals surface area contributed by atoms with Gasteiger partial charge in [0.25, 0.3) is 0 Å². The van der Waals surface area contributed by atoms with Gasteiger partial charge in [0, 0.05) is 28.5 Å². The smallest absolute Gasteiger partial charge is 0.176 e. The SMILES string of the molecule is COc1cc(-c2cc(N)n(C)n2)c(Br)c2ccoc12. The van der Waals surface area contributed by atoms with Crippen LogP contribution >= 0.6 is 15.9 Å². The van der Waals surface area contributed by atoms with Crippen LogP contribution in [0.2, 0.25) is 0 Å². The summed E-state index contributed by atoms with van der Waals surface area (Å²) in [5.41, 5.74) is 8.24. The second-order valence-corrected chi connectivity index (χ2v) is 4.97. The molecule has 2 N–H and O–H groups in total. The minimum Gasteiger partial charge on any atom is -0.493 e. The van der Waals surface area contributed by atoms with Crippen molar-refractivity contribution in [2.75, 3.05) is 12.8 Å². The van der Waals surface area contributed by atoms with Crippen LogP contribution in [-0.4, -0.2) is 16.9 Å². The van der Waals surface area contributed by atoms with E-state index >= 15 is 0 Å². The number of nitrogens with two attached hydrogens (primary N) is 1. The number of furan rings is 1. The van der Waals surface area contributed by atoms with E-state index in [1.54, 1.807) is 25.1 Å². The number of aromatic nitrogens is 2. The first kappa shape index (κ1) is 12.1. The Morgan fingerprint density at radius 3 is 2.84 bits per heavy atom. The van der Waals surface area contributed by atoms with E-state index in [9.17, 15) is 0 Å². The Hall–Kier alpha value is -1.95. The first-order valence-corrected chi connectivity index (χ1v) is 6.44. The number of aryl methyl sites for hydroxylation is 1. The lowest BCUT2D eigenvalue weighted by molar-refractivity contribution is 0.410. The number of benzene rings is 1. The molecule has 98 valence electrons. The van der Waals surface area contributed by atoms with Gasteiger partial charge in [-0.3, -0.25) is 4.68 Å². The third kappa shape index (κ3) is 1.79. The number of halogens is 1. The molecule has 6 heteroatoms. The summed E-state index contributed by atoms with van der Waals surface area (Å²) in [6.45, 7) is 0. The summed E-state index contributed by atoms with van der Waals surface area (Å²) in [5, 5.41) is 5.33. The molecule has 3 aromatic rings. The molecule has 3 rings (SSSR count). The highest BCUT2D eigenvalue weighted by Gasteiger charge is 2.17. The highest BCUT2D eigenvalue weighted by Crippen LogP contribution is 2.40. The first-order chi connectivity index (χ1) is 9.11. The molecule has 0 radical (unpaired) electrons. The van der Waals surface area contributed by atoms with Crippen LogP contribution in [0.25, 0.3) is 22.2 Å². The molecule has 5 nitrogen and oxygen atoms in total. The Morgan fingerprint density at radius 1 is 1.42 bits per heavy atom. The molecular weight excluding hydrogens is 310 g/mol. The Labute approximate surface area is 118 Å². The number of hydrogen-bond donors (Lipinski definition) is 1. The van der Waals surface area contributed by atoms with E-state index in [-0.39, 0.29) is 0 Å². The van der Waals surface area contributed by atoms with Crippen LogP contribution in [0.4, 0.5) is 5.82 Å². The molecule has 0 saturated carbocycles. The molecule has 2 heterocycles. The second-order valence-electron chi connectivity index (χ2n) is 4.18. The zero-order valence-electron chi connectivity index (χ0n) is 10.5. The van der Waals surface area contributed by atoms with Gasteiger partial charge in [-0.05, 0) is 28.1 Å². The predicted molar refractivity (Wildman–Crippen MR) is 77.1 cm³/mol. The van der Waals surface area contributed by atoms with Crippen molar-refractivity contribution in [3.8, 4) is 17.0 Å². The van der Waals surface area contributed by atoms with Gasteiger partial charge < -0.3 is 14.9 Å². The molecule has 0 unspecified atom stereocenters. The van der Waals surface area contributed by atoms with Gasteiger partial charge in [0.2, 0.25) is 0 Å². The fourth-order valence-corrected chi connectivity index (χ4v) is 2.66. The van der Waals surface area contributed by atoms with Crippen molar-refractivity contribution in [3.05, 3.63) is 28.9 Å². The fraction of sp³-hybridized carbons (Fsp3) is 0.154. The van der Waals surface area contributed by atoms with Crippen LogP contribution < -0.4 is 10.5 Å². The van der Waals surface area contributed by atoms with Crippen molar-refractivity contribution in [1.29, 1.82) is 0 Å². The quantitative estimate of drug-likeness (QED) is 0.787. The van der Waals surface area contributed by atoms with Gasteiger partial charge >= 0.3 is 0 Å². The average molecular weight is 322 g/mol. The van der Waals surface area contributed by atoms with E-state index in [0.29, 0.717) is 17.2 Å². The third-order valence-electron chi connectivity index (χ3n) is 3.05. The summed E-state index contributed by atoms with van der Waals surface area (Å²) in [5.74, 6) is 1.27. The van der Waals surface area contributed by atoms with Crippen LogP contribution in [0.15, 0.2) is 33.4 Å². The van der Waals surface area contributed by atoms with E-state index in [4.69, 9.17) is 14.9 Å². The number of rotatable bonds is 2. The van der Waals surface area contributed by atoms with Crippen molar-refractivity contribution < 1.29 is 9.15 Å². The molecule has 0 aliphatic rings. The lowest BCUT2D eigenvalue weighted by atomic mass is 10.1. The number of anilines is 1. The number of ether oxygens (including phenoxy) is 1. The van der Waals surface area contributed by atoms with Gasteiger partial charge in [-0.15, -0.1) is 0 Å². The van der Waals surface area contributed by atoms with E-state index in [1.807, 2.05) is 18.2 Å². The predicted octanol–water partition coefficient (Wildman–Crippen LogP) is 3.19. The van der Waals surface area contributed by atoms with E-state index in [1.165, 1.54) is 0 Å². The minimum atomic E-state index is 0.605. The molecule has 0 saturated heterocycles. The molecule has 0 atom stereocenters. The monoisotopic (exact) mass is 321 g/mol. The zero-order chi connectivity index (χ0) is 13.6. The van der Waals surface area contributed by atoms with Gasteiger partial charge in [0.05, 0.1) is 19.1 Å². The summed E-state index contributed by atoms with van der Waals surface area (Å²) in [4.78, 5) is 0. The maximum absolute atomic E-state index is 5.83. The van der Waals surface area contributed by atoms with Crippen LogP contribution in [0.5, 0.6) is 5.75 Å². The van der Waals surface area contributed by atoms with Gasteiger partial charge in [-0.2, -0.15) is 5.10 Å². The standard InChI is InChI=1S/C13H12BrN3O2/c1-17-11(15)6-9(16-17)8-5-10(18-2)13-7(12(8)14)3-4-19-13/h3-6H,15H2,1-2H3. The molecule has 19 heavy (non-hydrogen) atoms. The molecule has 0 bridgehead atoms. The van der Waals surface area contributed by atoms with E-state index in [2.05, 4.69) is 21.0 Å². The van der Waals surface area contributed by atoms with Gasteiger partial charge in [0.1, 0.15) is 5.82 Å². The van der Waals surface area contributed by atoms with Gasteiger partial charge in [-0.1, -0.05) is 0 Å². The van der Waals surface area contributed by atoms with E-state index < -0.39 is 0 Å². The Kier molecular flexibility index (Phi) is 2.74. The molecule has 0 aliphatic heterocycles. The maximum atomic E-state index is 5.83. The number of fused-ring (bicyclic) bond motifs is 1. The third-order valence-corrected chi connectivity index (χ3v) is 3.90. The molecule has 0 amide bonds. The average Bonchev–Trinajstić information content (AvgIpc) is 2.99. The molecule has 0 spiro atoms. The molecule has 1 aromatic carbocycles. The number of methoxy groups -OCH3 is 1. The number of nitrogens with zero attached hydrogens (tertiary/aromatic N) is 2. The van der Waals surface area contributed by atoms with Crippen molar-refractivity contribution in [1.82, 2.24) is 9.78 Å². The van der Waals surface area contributed by atoms with Crippen molar-refractivity contribution in [2.24, 2.45) is 7.05 Å². The lowest BCUT2D eigenvalue weighted by Crippen LogP contribution is -1.96. The summed E-state index contributed by atoms with van der Waals surface area (Å²) >= 11 is 3.59.